The van der Waals surface area contributed by atoms with Crippen molar-refractivity contribution in [3.8, 4) is 17.4 Å². The van der Waals surface area contributed by atoms with Crippen molar-refractivity contribution in [1.29, 1.82) is 0 Å². The number of anilines is 1. The second kappa shape index (κ2) is 18.9. The molecule has 0 aliphatic heterocycles. The van der Waals surface area contributed by atoms with Gasteiger partial charge in [0.1, 0.15) is 23.3 Å². The molecule has 0 saturated carbocycles. The summed E-state index contributed by atoms with van der Waals surface area (Å²) < 4.78 is 7.71. The van der Waals surface area contributed by atoms with Gasteiger partial charge in [-0.1, -0.05) is 32.9 Å². The minimum absolute atomic E-state index is 0.0756. The van der Waals surface area contributed by atoms with Crippen LogP contribution in [-0.2, 0) is 7.05 Å². The van der Waals surface area contributed by atoms with Gasteiger partial charge >= 0.3 is 6.03 Å². The number of hydrogen-bond acceptors (Lipinski definition) is 8. The van der Waals surface area contributed by atoms with Crippen LogP contribution in [0.3, 0.4) is 0 Å². The van der Waals surface area contributed by atoms with Crippen LogP contribution in [0, 0.1) is 5.92 Å². The summed E-state index contributed by atoms with van der Waals surface area (Å²) in [4.78, 5) is 21.1. The van der Waals surface area contributed by atoms with E-state index in [1.165, 1.54) is 24.9 Å². The van der Waals surface area contributed by atoms with Crippen molar-refractivity contribution in [1.82, 2.24) is 25.3 Å². The number of fused-ring (bicyclic) bond motifs is 1. The smallest absolute Gasteiger partial charge is 0.323 e. The van der Waals surface area contributed by atoms with Gasteiger partial charge in [-0.15, -0.1) is 13.2 Å². The van der Waals surface area contributed by atoms with Crippen LogP contribution in [0.15, 0.2) is 78.6 Å². The van der Waals surface area contributed by atoms with Crippen molar-refractivity contribution >= 4 is 42.1 Å². The van der Waals surface area contributed by atoms with Gasteiger partial charge in [0.15, 0.2) is 0 Å². The molecule has 1 unspecified atom stereocenters. The highest BCUT2D eigenvalue weighted by molar-refractivity contribution is 7.80. The molecule has 0 saturated heterocycles. The van der Waals surface area contributed by atoms with Gasteiger partial charge < -0.3 is 25.0 Å². The molecule has 10 nitrogen and oxygen atoms in total. The van der Waals surface area contributed by atoms with Gasteiger partial charge in [0.05, 0.1) is 11.2 Å². The molecule has 0 radical (unpaired) electrons. The van der Waals surface area contributed by atoms with Gasteiger partial charge in [0.25, 0.3) is 0 Å². The topological polar surface area (TPSA) is 126 Å². The van der Waals surface area contributed by atoms with Gasteiger partial charge in [-0.3, -0.25) is 5.43 Å². The number of urea groups is 1. The molecule has 1 atom stereocenters. The van der Waals surface area contributed by atoms with E-state index >= 15 is 0 Å². The Morgan fingerprint density at radius 3 is 2.56 bits per heavy atom. The number of aryl methyl sites for hydroxylation is 1. The Labute approximate surface area is 248 Å². The Bertz CT molecular complexity index is 1320. The third-order valence-corrected chi connectivity index (χ3v) is 5.96. The number of amides is 2. The van der Waals surface area contributed by atoms with Crippen molar-refractivity contribution in [2.75, 3.05) is 11.1 Å². The van der Waals surface area contributed by atoms with E-state index in [2.05, 4.69) is 70.6 Å². The number of benzene rings is 1. The lowest BCUT2D eigenvalue weighted by molar-refractivity contribution is 0.253. The first kappa shape index (κ1) is 34.8. The molecule has 2 amide bonds. The zero-order valence-corrected chi connectivity index (χ0v) is 25.5. The first-order valence-corrected chi connectivity index (χ1v) is 14.0. The van der Waals surface area contributed by atoms with Crippen molar-refractivity contribution in [3.05, 3.63) is 73.5 Å². The number of aromatic nitrogens is 3. The molecule has 11 heteroatoms. The minimum Gasteiger partial charge on any atom is -0.506 e. The molecule has 2 aromatic heterocycles. The number of hydrazone groups is 1. The van der Waals surface area contributed by atoms with E-state index in [0.717, 1.165) is 16.8 Å². The number of nitrogens with one attached hydrogen (secondary N) is 3. The summed E-state index contributed by atoms with van der Waals surface area (Å²) in [5.41, 5.74) is 5.67. The molecule has 4 N–H and O–H groups in total. The summed E-state index contributed by atoms with van der Waals surface area (Å²) in [6, 6.07) is 5.88. The molecule has 1 aromatic carbocycles. The second-order valence-electron chi connectivity index (χ2n) is 8.52. The van der Waals surface area contributed by atoms with Crippen LogP contribution in [-0.4, -0.2) is 38.1 Å². The average Bonchev–Trinajstić information content (AvgIpc) is 3.36. The zero-order chi connectivity index (χ0) is 30.8. The third-order valence-electron chi connectivity index (χ3n) is 5.51. The number of phenolic OH excluding ortho intramolecular Hbond substituents is 1. The van der Waals surface area contributed by atoms with Crippen molar-refractivity contribution in [2.24, 2.45) is 18.1 Å². The van der Waals surface area contributed by atoms with Gasteiger partial charge in [0.2, 0.25) is 5.88 Å². The predicted molar refractivity (Wildman–Crippen MR) is 173 cm³/mol. The van der Waals surface area contributed by atoms with E-state index < -0.39 is 6.03 Å². The number of carbonyl (C=O) groups excluding carboxylic acids is 1. The zero-order valence-electron chi connectivity index (χ0n) is 24.6. The van der Waals surface area contributed by atoms with E-state index in [-0.39, 0.29) is 17.4 Å². The molecule has 0 bridgehead atoms. The second-order valence-corrected chi connectivity index (χ2v) is 8.97. The fourth-order valence-electron chi connectivity index (χ4n) is 3.47. The van der Waals surface area contributed by atoms with Gasteiger partial charge in [0, 0.05) is 37.4 Å². The summed E-state index contributed by atoms with van der Waals surface area (Å²) in [6.07, 6.45) is 9.26. The molecule has 0 spiro atoms. The average molecular weight is 582 g/mol. The van der Waals surface area contributed by atoms with E-state index in [4.69, 9.17) is 4.74 Å². The SMILES string of the molecule is C=CCC(C=C)C/C(NC(=O)Nc1ccc(Oc2ncnc3ccn(C)c23)cc1O)=C(/C)NN=C.CC.CCCS. The number of nitrogens with zero attached hydrogens (tertiary/aromatic N) is 4. The van der Waals surface area contributed by atoms with E-state index in [1.807, 2.05) is 37.7 Å². The Kier molecular flexibility index (Phi) is 16.1. The highest BCUT2D eigenvalue weighted by Crippen LogP contribution is 2.32. The summed E-state index contributed by atoms with van der Waals surface area (Å²) in [5, 5.41) is 19.6. The quantitative estimate of drug-likeness (QED) is 0.0509. The minimum atomic E-state index is -0.531. The highest BCUT2D eigenvalue weighted by Gasteiger charge is 2.15. The molecule has 0 fully saturated rings. The maximum Gasteiger partial charge on any atom is 0.323 e. The summed E-state index contributed by atoms with van der Waals surface area (Å²) in [5.74, 6) is 1.63. The summed E-state index contributed by atoms with van der Waals surface area (Å²) in [7, 11) is 1.86. The molecular formula is C30H43N7O3S. The lowest BCUT2D eigenvalue weighted by atomic mass is 9.99. The lowest BCUT2D eigenvalue weighted by Gasteiger charge is -2.18. The fourth-order valence-corrected chi connectivity index (χ4v) is 3.47. The molecule has 3 rings (SSSR count). The number of ether oxygens (including phenoxy) is 1. The number of hydrogen-bond donors (Lipinski definition) is 5. The number of rotatable bonds is 12. The molecule has 0 aliphatic carbocycles. The van der Waals surface area contributed by atoms with E-state index in [0.29, 0.717) is 35.9 Å². The van der Waals surface area contributed by atoms with Crippen LogP contribution in [0.5, 0.6) is 17.4 Å². The lowest BCUT2D eigenvalue weighted by Crippen LogP contribution is -2.31. The van der Waals surface area contributed by atoms with Gasteiger partial charge in [-0.2, -0.15) is 22.7 Å². The Balaban J connectivity index is 0.00000129. The van der Waals surface area contributed by atoms with Crippen LogP contribution < -0.4 is 20.8 Å². The first-order chi connectivity index (χ1) is 19.8. The van der Waals surface area contributed by atoms with Gasteiger partial charge in [-0.25, -0.2) is 9.78 Å². The van der Waals surface area contributed by atoms with Gasteiger partial charge in [-0.05, 0) is 56.1 Å². The monoisotopic (exact) mass is 581 g/mol. The molecule has 41 heavy (non-hydrogen) atoms. The summed E-state index contributed by atoms with van der Waals surface area (Å²) >= 11 is 3.92. The van der Waals surface area contributed by atoms with Crippen LogP contribution in [0.2, 0.25) is 0 Å². The highest BCUT2D eigenvalue weighted by atomic mass is 32.1. The number of allylic oxidation sites excluding steroid dienone is 4. The Morgan fingerprint density at radius 2 is 1.98 bits per heavy atom. The van der Waals surface area contributed by atoms with Crippen molar-refractivity contribution in [2.45, 2.75) is 47.0 Å². The molecule has 2 heterocycles. The standard InChI is InChI=1S/C25H29N7O3.C3H8S.C2H6/c1-6-8-17(7-2)13-21(16(3)31-26-4)30-25(34)29-19-10-9-18(14-22(19)33)35-24-23-20(27-15-28-24)11-12-32(23)5;1-2-3-4;1-2/h6-7,9-12,14-15,17,31,33H,1-2,4,8,13H2,3,5H3,(H2,29,30,34);4H,2-3H2,1H3;1-2H3/b21-16+;;. The Hall–Kier alpha value is -4.25. The molecular weight excluding hydrogens is 538 g/mol. The number of phenols is 1. The van der Waals surface area contributed by atoms with Crippen LogP contribution in [0.1, 0.15) is 47.0 Å². The van der Waals surface area contributed by atoms with Crippen LogP contribution >= 0.6 is 12.6 Å². The largest absolute Gasteiger partial charge is 0.506 e. The number of thiol groups is 1. The summed E-state index contributed by atoms with van der Waals surface area (Å²) in [6.45, 7) is 18.9. The third kappa shape index (κ3) is 11.0. The van der Waals surface area contributed by atoms with Crippen molar-refractivity contribution in [3.63, 3.8) is 0 Å². The van der Waals surface area contributed by atoms with E-state index in [1.54, 1.807) is 25.1 Å². The molecule has 0 aliphatic rings. The number of aromatic hydroxyl groups is 1. The number of carbonyl (C=O) groups is 1. The normalized spacial score (nSPS) is 11.4. The first-order valence-electron chi connectivity index (χ1n) is 13.4. The molecule has 3 aromatic rings. The molecule has 222 valence electrons. The van der Waals surface area contributed by atoms with Crippen LogP contribution in [0.4, 0.5) is 10.5 Å². The maximum atomic E-state index is 12.7. The Morgan fingerprint density at radius 1 is 1.27 bits per heavy atom. The predicted octanol–water partition coefficient (Wildman–Crippen LogP) is 7.15. The van der Waals surface area contributed by atoms with Crippen molar-refractivity contribution < 1.29 is 14.6 Å². The fraction of sp³-hybridized carbons (Fsp3) is 0.333. The maximum absolute atomic E-state index is 12.7. The van der Waals surface area contributed by atoms with E-state index in [9.17, 15) is 9.90 Å². The van der Waals surface area contributed by atoms with Crippen LogP contribution in [0.25, 0.3) is 11.0 Å².